The fourth-order valence-corrected chi connectivity index (χ4v) is 2.49. The number of aliphatic hydroxyl groups excluding tert-OH is 1. The van der Waals surface area contributed by atoms with Gasteiger partial charge < -0.3 is 19.5 Å². The highest BCUT2D eigenvalue weighted by Crippen LogP contribution is 2.14. The number of benzene rings is 1. The van der Waals surface area contributed by atoms with Crippen molar-refractivity contribution in [1.29, 1.82) is 0 Å². The van der Waals surface area contributed by atoms with Gasteiger partial charge in [-0.3, -0.25) is 4.79 Å². The van der Waals surface area contributed by atoms with Crippen LogP contribution in [0.15, 0.2) is 24.3 Å². The zero-order valence-electron chi connectivity index (χ0n) is 13.0. The maximum atomic E-state index is 12.4. The van der Waals surface area contributed by atoms with Gasteiger partial charge in [-0.15, -0.1) is 0 Å². The molecule has 0 aromatic heterocycles. The predicted octanol–water partition coefficient (Wildman–Crippen LogP) is 1.05. The van der Waals surface area contributed by atoms with Gasteiger partial charge in [0.2, 0.25) is 0 Å². The van der Waals surface area contributed by atoms with Crippen LogP contribution in [0.5, 0.6) is 0 Å². The van der Waals surface area contributed by atoms with E-state index in [1.165, 1.54) is 0 Å². The average Bonchev–Trinajstić information content (AvgIpc) is 3.39. The molecule has 0 radical (unpaired) electrons. The Morgan fingerprint density at radius 2 is 2.00 bits per heavy atom. The van der Waals surface area contributed by atoms with Crippen LogP contribution in [0.4, 0.5) is 0 Å². The third-order valence-corrected chi connectivity index (χ3v) is 4.00. The minimum absolute atomic E-state index is 0.0178. The van der Waals surface area contributed by atoms with Crippen molar-refractivity contribution in [2.45, 2.75) is 25.0 Å². The quantitative estimate of drug-likeness (QED) is 0.512. The summed E-state index contributed by atoms with van der Waals surface area (Å²) in [5.41, 5.74) is 1.52. The van der Waals surface area contributed by atoms with E-state index < -0.39 is 0 Å². The van der Waals surface area contributed by atoms with Crippen molar-refractivity contribution < 1.29 is 19.4 Å². The minimum Gasteiger partial charge on any atom is -0.393 e. The van der Waals surface area contributed by atoms with Crippen molar-refractivity contribution in [2.75, 3.05) is 32.9 Å². The molecule has 1 aromatic carbocycles. The Hall–Kier alpha value is -1.87. The lowest BCUT2D eigenvalue weighted by atomic mass is 10.1. The van der Waals surface area contributed by atoms with Gasteiger partial charge in [0.05, 0.1) is 19.3 Å². The maximum Gasteiger partial charge on any atom is 0.253 e. The molecule has 0 aliphatic carbocycles. The van der Waals surface area contributed by atoms with Crippen LogP contribution >= 0.6 is 0 Å². The van der Waals surface area contributed by atoms with E-state index in [9.17, 15) is 9.90 Å². The SMILES string of the molecule is O=C(c1ccc(C#CCOCC2CO2)cc1)N1CCC(O)CC1. The molecule has 2 aliphatic rings. The van der Waals surface area contributed by atoms with Crippen LogP contribution in [-0.4, -0.2) is 61.0 Å². The van der Waals surface area contributed by atoms with Crippen molar-refractivity contribution in [3.8, 4) is 11.8 Å². The number of likely N-dealkylation sites (tertiary alicyclic amines) is 1. The maximum absolute atomic E-state index is 12.4. The number of aliphatic hydroxyl groups is 1. The van der Waals surface area contributed by atoms with E-state index in [0.29, 0.717) is 44.7 Å². The molecule has 1 amide bonds. The zero-order chi connectivity index (χ0) is 16.1. The summed E-state index contributed by atoms with van der Waals surface area (Å²) in [6.45, 7) is 3.01. The van der Waals surface area contributed by atoms with E-state index in [1.807, 2.05) is 12.1 Å². The van der Waals surface area contributed by atoms with Crippen molar-refractivity contribution >= 4 is 5.91 Å². The highest BCUT2D eigenvalue weighted by Gasteiger charge is 2.22. The largest absolute Gasteiger partial charge is 0.393 e. The standard InChI is InChI=1S/C18H21NO4/c20-16-7-9-19(10-8-16)18(21)15-5-3-14(4-6-15)2-1-11-22-12-17-13-23-17/h3-6,16-17,20H,7-13H2. The first kappa shape index (κ1) is 16.0. The Kier molecular flexibility index (Phi) is 5.29. The molecule has 5 nitrogen and oxygen atoms in total. The van der Waals surface area contributed by atoms with E-state index in [2.05, 4.69) is 11.8 Å². The molecule has 2 fully saturated rings. The summed E-state index contributed by atoms with van der Waals surface area (Å²) in [6, 6.07) is 7.30. The van der Waals surface area contributed by atoms with E-state index in [1.54, 1.807) is 17.0 Å². The van der Waals surface area contributed by atoms with E-state index in [4.69, 9.17) is 9.47 Å². The van der Waals surface area contributed by atoms with Gasteiger partial charge in [0.25, 0.3) is 5.91 Å². The molecular formula is C18H21NO4. The average molecular weight is 315 g/mol. The molecule has 1 unspecified atom stereocenters. The lowest BCUT2D eigenvalue weighted by molar-refractivity contribution is 0.0546. The zero-order valence-corrected chi connectivity index (χ0v) is 13.0. The number of carbonyl (C=O) groups excluding carboxylic acids is 1. The molecule has 1 atom stereocenters. The number of hydrogen-bond donors (Lipinski definition) is 1. The molecule has 0 bridgehead atoms. The molecule has 1 N–H and O–H groups in total. The summed E-state index contributed by atoms with van der Waals surface area (Å²) in [5.74, 6) is 5.99. The van der Waals surface area contributed by atoms with Crippen LogP contribution in [0.25, 0.3) is 0 Å². The first-order chi connectivity index (χ1) is 11.2. The fraction of sp³-hybridized carbons (Fsp3) is 0.500. The summed E-state index contributed by atoms with van der Waals surface area (Å²) in [6.07, 6.45) is 1.30. The van der Waals surface area contributed by atoms with Crippen LogP contribution in [0.3, 0.4) is 0 Å². The van der Waals surface area contributed by atoms with E-state index >= 15 is 0 Å². The lowest BCUT2D eigenvalue weighted by Crippen LogP contribution is -2.40. The van der Waals surface area contributed by atoms with Gasteiger partial charge in [-0.1, -0.05) is 11.8 Å². The van der Waals surface area contributed by atoms with Crippen LogP contribution in [0.2, 0.25) is 0 Å². The summed E-state index contributed by atoms with van der Waals surface area (Å²) in [5, 5.41) is 9.50. The Morgan fingerprint density at radius 1 is 1.30 bits per heavy atom. The normalized spacial score (nSPS) is 20.7. The van der Waals surface area contributed by atoms with Crippen molar-refractivity contribution in [1.82, 2.24) is 4.90 Å². The molecule has 3 rings (SSSR count). The molecule has 1 aromatic rings. The van der Waals surface area contributed by atoms with Gasteiger partial charge in [0.15, 0.2) is 0 Å². The predicted molar refractivity (Wildman–Crippen MR) is 85.0 cm³/mol. The number of carbonyl (C=O) groups is 1. The molecule has 2 aliphatic heterocycles. The smallest absolute Gasteiger partial charge is 0.253 e. The number of amides is 1. The molecule has 0 spiro atoms. The topological polar surface area (TPSA) is 62.3 Å². The molecule has 0 saturated carbocycles. The van der Waals surface area contributed by atoms with Gasteiger partial charge in [-0.25, -0.2) is 0 Å². The highest BCUT2D eigenvalue weighted by molar-refractivity contribution is 5.94. The van der Waals surface area contributed by atoms with Crippen LogP contribution in [0.1, 0.15) is 28.8 Å². The second kappa shape index (κ2) is 7.60. The first-order valence-corrected chi connectivity index (χ1v) is 7.98. The van der Waals surface area contributed by atoms with Crippen molar-refractivity contribution in [3.05, 3.63) is 35.4 Å². The van der Waals surface area contributed by atoms with Gasteiger partial charge in [-0.2, -0.15) is 0 Å². The van der Waals surface area contributed by atoms with E-state index in [0.717, 1.165) is 12.2 Å². The van der Waals surface area contributed by atoms with Crippen molar-refractivity contribution in [2.24, 2.45) is 0 Å². The van der Waals surface area contributed by atoms with Gasteiger partial charge in [0, 0.05) is 24.2 Å². The Morgan fingerprint density at radius 3 is 2.65 bits per heavy atom. The van der Waals surface area contributed by atoms with Crippen LogP contribution < -0.4 is 0 Å². The number of piperidine rings is 1. The lowest BCUT2D eigenvalue weighted by Gasteiger charge is -2.29. The minimum atomic E-state index is -0.273. The Bertz CT molecular complexity index is 590. The second-order valence-electron chi connectivity index (χ2n) is 5.87. The first-order valence-electron chi connectivity index (χ1n) is 7.98. The summed E-state index contributed by atoms with van der Waals surface area (Å²) >= 11 is 0. The van der Waals surface area contributed by atoms with Crippen LogP contribution in [-0.2, 0) is 9.47 Å². The molecule has 23 heavy (non-hydrogen) atoms. The van der Waals surface area contributed by atoms with Gasteiger partial charge >= 0.3 is 0 Å². The van der Waals surface area contributed by atoms with Gasteiger partial charge in [-0.05, 0) is 37.1 Å². The number of epoxide rings is 1. The Labute approximate surface area is 136 Å². The summed E-state index contributed by atoms with van der Waals surface area (Å²) in [4.78, 5) is 14.2. The monoisotopic (exact) mass is 315 g/mol. The molecule has 2 saturated heterocycles. The third kappa shape index (κ3) is 4.80. The molecule has 5 heteroatoms. The van der Waals surface area contributed by atoms with Crippen LogP contribution in [0, 0.1) is 11.8 Å². The number of hydrogen-bond acceptors (Lipinski definition) is 4. The fourth-order valence-electron chi connectivity index (χ4n) is 2.49. The number of nitrogens with zero attached hydrogens (tertiary/aromatic N) is 1. The Balaban J connectivity index is 1.49. The van der Waals surface area contributed by atoms with E-state index in [-0.39, 0.29) is 18.1 Å². The summed E-state index contributed by atoms with van der Waals surface area (Å²) < 4.78 is 10.4. The third-order valence-electron chi connectivity index (χ3n) is 4.00. The number of rotatable bonds is 4. The molecule has 2 heterocycles. The van der Waals surface area contributed by atoms with Crippen molar-refractivity contribution in [3.63, 3.8) is 0 Å². The molecule has 122 valence electrons. The highest BCUT2D eigenvalue weighted by atomic mass is 16.6. The summed E-state index contributed by atoms with van der Waals surface area (Å²) in [7, 11) is 0. The molecular weight excluding hydrogens is 294 g/mol. The van der Waals surface area contributed by atoms with Gasteiger partial charge in [0.1, 0.15) is 12.7 Å². The second-order valence-corrected chi connectivity index (χ2v) is 5.87. The number of ether oxygens (including phenoxy) is 2.